The van der Waals surface area contributed by atoms with Crippen molar-refractivity contribution in [1.82, 2.24) is 5.32 Å². The van der Waals surface area contributed by atoms with Crippen LogP contribution in [-0.4, -0.2) is 11.8 Å². The second kappa shape index (κ2) is 5.14. The molecule has 2 amide bonds. The van der Waals surface area contributed by atoms with E-state index in [0.29, 0.717) is 22.2 Å². The summed E-state index contributed by atoms with van der Waals surface area (Å²) in [5.74, 6) is -0.705. The molecule has 1 heterocycles. The van der Waals surface area contributed by atoms with Crippen molar-refractivity contribution in [3.63, 3.8) is 0 Å². The highest BCUT2D eigenvalue weighted by molar-refractivity contribution is 7.99. The lowest BCUT2D eigenvalue weighted by Crippen LogP contribution is -2.34. The Morgan fingerprint density at radius 2 is 1.52 bits per heavy atom. The van der Waals surface area contributed by atoms with Crippen molar-refractivity contribution in [2.75, 3.05) is 5.73 Å². The van der Waals surface area contributed by atoms with Crippen LogP contribution in [0.5, 0.6) is 0 Å². The molecule has 0 unspecified atom stereocenters. The predicted octanol–water partition coefficient (Wildman–Crippen LogP) is 3.46. The summed E-state index contributed by atoms with van der Waals surface area (Å²) in [7, 11) is 0. The van der Waals surface area contributed by atoms with Gasteiger partial charge in [0.05, 0.1) is 0 Å². The van der Waals surface area contributed by atoms with Crippen molar-refractivity contribution < 1.29 is 9.59 Å². The van der Waals surface area contributed by atoms with Gasteiger partial charge in [0.1, 0.15) is 0 Å². The first kappa shape index (κ1) is 13.8. The molecule has 0 saturated heterocycles. The largest absolute Gasteiger partial charge is 0.398 e. The number of hydrogen-bond donors (Lipinski definition) is 2. The van der Waals surface area contributed by atoms with Crippen molar-refractivity contribution in [3.05, 3.63) is 65.7 Å². The molecule has 112 valence electrons. The molecule has 4 rings (SSSR count). The first-order chi connectivity index (χ1) is 11.1. The summed E-state index contributed by atoms with van der Waals surface area (Å²) >= 11 is 1.53. The maximum absolute atomic E-state index is 12.0. The van der Waals surface area contributed by atoms with E-state index in [2.05, 4.69) is 5.32 Å². The van der Waals surface area contributed by atoms with Crippen LogP contribution in [0.1, 0.15) is 20.7 Å². The summed E-state index contributed by atoms with van der Waals surface area (Å²) in [6.07, 6.45) is 0. The molecule has 0 aliphatic carbocycles. The average Bonchev–Trinajstić information content (AvgIpc) is 2.55. The smallest absolute Gasteiger partial charge is 0.258 e. The van der Waals surface area contributed by atoms with Crippen LogP contribution in [0.15, 0.2) is 64.4 Å². The second-order valence-electron chi connectivity index (χ2n) is 5.26. The molecule has 1 aliphatic rings. The fourth-order valence-corrected chi connectivity index (χ4v) is 3.76. The van der Waals surface area contributed by atoms with Crippen molar-refractivity contribution >= 4 is 40.0 Å². The Balaban J connectivity index is 1.94. The summed E-state index contributed by atoms with van der Waals surface area (Å²) in [5, 5.41) is 3.96. The van der Waals surface area contributed by atoms with E-state index in [0.717, 1.165) is 15.2 Å². The number of para-hydroxylation sites is 1. The van der Waals surface area contributed by atoms with Gasteiger partial charge < -0.3 is 5.73 Å². The highest BCUT2D eigenvalue weighted by Gasteiger charge is 2.25. The molecule has 0 spiro atoms. The molecule has 3 N–H and O–H groups in total. The molecule has 0 atom stereocenters. The van der Waals surface area contributed by atoms with Crippen molar-refractivity contribution in [3.8, 4) is 0 Å². The highest BCUT2D eigenvalue weighted by Crippen LogP contribution is 2.39. The Kier molecular flexibility index (Phi) is 3.09. The number of nitrogen functional groups attached to an aromatic ring is 1. The number of rotatable bonds is 2. The number of carbonyl (C=O) groups is 2. The zero-order valence-corrected chi connectivity index (χ0v) is 12.8. The van der Waals surface area contributed by atoms with E-state index in [9.17, 15) is 9.59 Å². The second-order valence-corrected chi connectivity index (χ2v) is 6.35. The number of benzene rings is 3. The molecule has 0 aromatic heterocycles. The number of imide groups is 1. The minimum absolute atomic E-state index is 0.352. The summed E-state index contributed by atoms with van der Waals surface area (Å²) < 4.78 is 0. The number of nitrogens with one attached hydrogen (secondary N) is 1. The van der Waals surface area contributed by atoms with Gasteiger partial charge in [0.25, 0.3) is 11.8 Å². The third kappa shape index (κ3) is 2.17. The van der Waals surface area contributed by atoms with Gasteiger partial charge in [-0.1, -0.05) is 36.0 Å². The van der Waals surface area contributed by atoms with Crippen LogP contribution < -0.4 is 11.1 Å². The first-order valence-electron chi connectivity index (χ1n) is 7.09. The van der Waals surface area contributed by atoms with Crippen LogP contribution in [0.2, 0.25) is 0 Å². The molecule has 1 aliphatic heterocycles. The maximum atomic E-state index is 12.0. The van der Waals surface area contributed by atoms with Gasteiger partial charge in [0.2, 0.25) is 0 Å². The summed E-state index contributed by atoms with van der Waals surface area (Å²) in [6, 6.07) is 16.8. The third-order valence-corrected chi connectivity index (χ3v) is 5.02. The van der Waals surface area contributed by atoms with Gasteiger partial charge >= 0.3 is 0 Å². The van der Waals surface area contributed by atoms with Crippen molar-refractivity contribution in [2.45, 2.75) is 9.79 Å². The highest BCUT2D eigenvalue weighted by atomic mass is 32.2. The molecular formula is C18H12N2O2S. The minimum Gasteiger partial charge on any atom is -0.398 e. The lowest BCUT2D eigenvalue weighted by Gasteiger charge is -2.18. The molecule has 4 nitrogen and oxygen atoms in total. The molecule has 0 radical (unpaired) electrons. The van der Waals surface area contributed by atoms with E-state index in [4.69, 9.17) is 5.73 Å². The SMILES string of the molecule is Nc1ccccc1Sc1ccc2c3c(cccc13)C(=O)NC2=O. The maximum Gasteiger partial charge on any atom is 0.258 e. The Morgan fingerprint density at radius 3 is 2.30 bits per heavy atom. The van der Waals surface area contributed by atoms with Crippen LogP contribution >= 0.6 is 11.8 Å². The Hall–Kier alpha value is -2.79. The normalized spacial score (nSPS) is 13.2. The molecule has 3 aromatic rings. The molecule has 0 bridgehead atoms. The number of carbonyl (C=O) groups excluding carboxylic acids is 2. The quantitative estimate of drug-likeness (QED) is 0.560. The Morgan fingerprint density at radius 1 is 0.783 bits per heavy atom. The van der Waals surface area contributed by atoms with Gasteiger partial charge in [-0.05, 0) is 35.7 Å². The van der Waals surface area contributed by atoms with Crippen molar-refractivity contribution in [2.24, 2.45) is 0 Å². The fraction of sp³-hybridized carbons (Fsp3) is 0. The summed E-state index contributed by atoms with van der Waals surface area (Å²) in [6.45, 7) is 0. The molecule has 0 fully saturated rings. The van der Waals surface area contributed by atoms with Crippen LogP contribution in [0, 0.1) is 0 Å². The number of anilines is 1. The van der Waals surface area contributed by atoms with E-state index >= 15 is 0 Å². The van der Waals surface area contributed by atoms with Crippen LogP contribution in [0.25, 0.3) is 10.8 Å². The van der Waals surface area contributed by atoms with Crippen molar-refractivity contribution in [1.29, 1.82) is 0 Å². The van der Waals surface area contributed by atoms with Crippen LogP contribution in [-0.2, 0) is 0 Å². The van der Waals surface area contributed by atoms with E-state index in [1.165, 1.54) is 11.8 Å². The predicted molar refractivity (Wildman–Crippen MR) is 90.7 cm³/mol. The van der Waals surface area contributed by atoms with Gasteiger partial charge in [0.15, 0.2) is 0 Å². The van der Waals surface area contributed by atoms with Crippen LogP contribution in [0.3, 0.4) is 0 Å². The molecule has 5 heteroatoms. The lowest BCUT2D eigenvalue weighted by atomic mass is 9.95. The van der Waals surface area contributed by atoms with Crippen LogP contribution in [0.4, 0.5) is 5.69 Å². The van der Waals surface area contributed by atoms with E-state index < -0.39 is 0 Å². The van der Waals surface area contributed by atoms with Gasteiger partial charge in [-0.15, -0.1) is 0 Å². The standard InChI is InChI=1S/C18H12N2O2S/c19-13-6-1-2-7-15(13)23-14-9-8-12-16-10(14)4-3-5-11(16)17(21)20-18(12)22/h1-9H,19H2,(H,20,21,22). The molecule has 23 heavy (non-hydrogen) atoms. The van der Waals surface area contributed by atoms with E-state index in [1.807, 2.05) is 42.5 Å². The molecule has 0 saturated carbocycles. The Bertz CT molecular complexity index is 962. The van der Waals surface area contributed by atoms with Gasteiger partial charge in [0, 0.05) is 32.0 Å². The lowest BCUT2D eigenvalue weighted by molar-refractivity contribution is 0.0845. The third-order valence-electron chi connectivity index (χ3n) is 3.86. The zero-order chi connectivity index (χ0) is 16.0. The topological polar surface area (TPSA) is 72.2 Å². The number of nitrogens with two attached hydrogens (primary N) is 1. The van der Waals surface area contributed by atoms with E-state index in [-0.39, 0.29) is 11.8 Å². The summed E-state index contributed by atoms with van der Waals surface area (Å²) in [4.78, 5) is 26.0. The van der Waals surface area contributed by atoms with E-state index in [1.54, 1.807) is 12.1 Å². The fourth-order valence-electron chi connectivity index (χ4n) is 2.78. The first-order valence-corrected chi connectivity index (χ1v) is 7.90. The van der Waals surface area contributed by atoms with Gasteiger partial charge in [-0.2, -0.15) is 0 Å². The monoisotopic (exact) mass is 320 g/mol. The molecular weight excluding hydrogens is 308 g/mol. The minimum atomic E-state index is -0.352. The zero-order valence-electron chi connectivity index (χ0n) is 12.0. The average molecular weight is 320 g/mol. The van der Waals surface area contributed by atoms with Gasteiger partial charge in [-0.3, -0.25) is 14.9 Å². The van der Waals surface area contributed by atoms with Gasteiger partial charge in [-0.25, -0.2) is 0 Å². The Labute approximate surface area is 136 Å². The number of amides is 2. The molecule has 3 aromatic carbocycles. The number of hydrogen-bond acceptors (Lipinski definition) is 4. The summed E-state index contributed by atoms with van der Waals surface area (Å²) in [5.41, 5.74) is 7.77.